The summed E-state index contributed by atoms with van der Waals surface area (Å²) in [6, 6.07) is 0. The lowest BCUT2D eigenvalue weighted by Gasteiger charge is -2.22. The van der Waals surface area contributed by atoms with Crippen molar-refractivity contribution in [2.75, 3.05) is 0 Å². The van der Waals surface area contributed by atoms with E-state index in [0.717, 1.165) is 23.7 Å². The van der Waals surface area contributed by atoms with Gasteiger partial charge in [-0.05, 0) is 49.9 Å². The molecule has 0 aromatic heterocycles. The minimum atomic E-state index is 0.782. The summed E-state index contributed by atoms with van der Waals surface area (Å²) in [5.41, 5.74) is 1.57. The molecular formula is C21H42. The maximum atomic E-state index is 2.55. The summed E-state index contributed by atoms with van der Waals surface area (Å²) < 4.78 is 0. The predicted octanol–water partition coefficient (Wildman–Crippen LogP) is 7.64. The van der Waals surface area contributed by atoms with E-state index in [9.17, 15) is 0 Å². The third-order valence-electron chi connectivity index (χ3n) is 5.04. The zero-order chi connectivity index (χ0) is 16.3. The van der Waals surface area contributed by atoms with Crippen LogP contribution in [0.4, 0.5) is 0 Å². The number of rotatable bonds is 12. The zero-order valence-electron chi connectivity index (χ0n) is 16.0. The first-order valence-corrected chi connectivity index (χ1v) is 9.57. The molecular weight excluding hydrogens is 252 g/mol. The standard InChI is InChI=1S/C21H42/c1-8-19(7)16-21(18(5)6)15-14-20(9-2)13-11-10-12-17(3)4/h16-18,20-21H,8-15H2,1-7H3. The largest absolute Gasteiger partial charge is 0.0822 e. The second-order valence-electron chi connectivity index (χ2n) is 7.80. The van der Waals surface area contributed by atoms with E-state index >= 15 is 0 Å². The molecule has 126 valence electrons. The minimum Gasteiger partial charge on any atom is -0.0822 e. The van der Waals surface area contributed by atoms with Crippen LogP contribution in [-0.4, -0.2) is 0 Å². The molecule has 2 unspecified atom stereocenters. The fourth-order valence-corrected chi connectivity index (χ4v) is 3.06. The Hall–Kier alpha value is -0.260. The van der Waals surface area contributed by atoms with Crippen LogP contribution in [-0.2, 0) is 0 Å². The molecule has 0 saturated heterocycles. The van der Waals surface area contributed by atoms with Crippen molar-refractivity contribution in [1.29, 1.82) is 0 Å². The predicted molar refractivity (Wildman–Crippen MR) is 98.7 cm³/mol. The van der Waals surface area contributed by atoms with Crippen molar-refractivity contribution in [3.63, 3.8) is 0 Å². The van der Waals surface area contributed by atoms with Crippen molar-refractivity contribution >= 4 is 0 Å². The molecule has 0 rings (SSSR count). The molecule has 0 aliphatic carbocycles. The fraction of sp³-hybridized carbons (Fsp3) is 0.905. The van der Waals surface area contributed by atoms with Gasteiger partial charge < -0.3 is 0 Å². The Kier molecular flexibility index (Phi) is 12.1. The van der Waals surface area contributed by atoms with Gasteiger partial charge in [-0.15, -0.1) is 0 Å². The van der Waals surface area contributed by atoms with Gasteiger partial charge in [0, 0.05) is 0 Å². The van der Waals surface area contributed by atoms with E-state index in [-0.39, 0.29) is 0 Å². The van der Waals surface area contributed by atoms with E-state index in [4.69, 9.17) is 0 Å². The van der Waals surface area contributed by atoms with Gasteiger partial charge in [0.25, 0.3) is 0 Å². The van der Waals surface area contributed by atoms with E-state index in [1.165, 1.54) is 51.4 Å². The Morgan fingerprint density at radius 2 is 1.48 bits per heavy atom. The molecule has 0 amide bonds. The van der Waals surface area contributed by atoms with E-state index in [2.05, 4.69) is 54.5 Å². The van der Waals surface area contributed by atoms with E-state index in [1.807, 2.05) is 0 Å². The van der Waals surface area contributed by atoms with E-state index < -0.39 is 0 Å². The van der Waals surface area contributed by atoms with Crippen LogP contribution in [0.25, 0.3) is 0 Å². The van der Waals surface area contributed by atoms with Gasteiger partial charge in [-0.2, -0.15) is 0 Å². The lowest BCUT2D eigenvalue weighted by Crippen LogP contribution is -2.10. The van der Waals surface area contributed by atoms with E-state index in [0.29, 0.717) is 0 Å². The van der Waals surface area contributed by atoms with Crippen LogP contribution < -0.4 is 0 Å². The molecule has 0 aromatic carbocycles. The van der Waals surface area contributed by atoms with Crippen LogP contribution in [0.1, 0.15) is 99.8 Å². The van der Waals surface area contributed by atoms with Crippen molar-refractivity contribution in [3.05, 3.63) is 11.6 Å². The summed E-state index contributed by atoms with van der Waals surface area (Å²) in [5.74, 6) is 3.39. The first-order valence-electron chi connectivity index (χ1n) is 9.57. The fourth-order valence-electron chi connectivity index (χ4n) is 3.06. The summed E-state index contributed by atoms with van der Waals surface area (Å²) in [6.07, 6.45) is 13.7. The van der Waals surface area contributed by atoms with Gasteiger partial charge in [0.2, 0.25) is 0 Å². The van der Waals surface area contributed by atoms with Gasteiger partial charge in [-0.1, -0.05) is 85.3 Å². The summed E-state index contributed by atoms with van der Waals surface area (Å²) in [7, 11) is 0. The highest BCUT2D eigenvalue weighted by atomic mass is 14.2. The molecule has 0 heteroatoms. The first-order chi connectivity index (χ1) is 9.90. The Bertz CT molecular complexity index is 259. The van der Waals surface area contributed by atoms with Crippen LogP contribution in [0.3, 0.4) is 0 Å². The maximum Gasteiger partial charge on any atom is -0.0208 e. The van der Waals surface area contributed by atoms with Crippen LogP contribution in [0.2, 0.25) is 0 Å². The van der Waals surface area contributed by atoms with Crippen LogP contribution >= 0.6 is 0 Å². The molecule has 0 spiro atoms. The van der Waals surface area contributed by atoms with Gasteiger partial charge in [0.1, 0.15) is 0 Å². The summed E-state index contributed by atoms with van der Waals surface area (Å²) in [4.78, 5) is 0. The first kappa shape index (κ1) is 20.7. The number of unbranched alkanes of at least 4 members (excludes halogenated alkanes) is 1. The zero-order valence-corrected chi connectivity index (χ0v) is 16.0. The van der Waals surface area contributed by atoms with Gasteiger partial charge in [0.05, 0.1) is 0 Å². The Morgan fingerprint density at radius 3 is 1.95 bits per heavy atom. The molecule has 0 nitrogen and oxygen atoms in total. The van der Waals surface area contributed by atoms with Crippen LogP contribution in [0.5, 0.6) is 0 Å². The monoisotopic (exact) mass is 294 g/mol. The number of allylic oxidation sites excluding steroid dienone is 2. The van der Waals surface area contributed by atoms with Crippen molar-refractivity contribution in [3.8, 4) is 0 Å². The Balaban J connectivity index is 4.15. The van der Waals surface area contributed by atoms with Gasteiger partial charge >= 0.3 is 0 Å². The van der Waals surface area contributed by atoms with Crippen molar-refractivity contribution in [2.45, 2.75) is 99.8 Å². The van der Waals surface area contributed by atoms with Crippen LogP contribution in [0.15, 0.2) is 11.6 Å². The highest BCUT2D eigenvalue weighted by Gasteiger charge is 2.14. The molecule has 0 N–H and O–H groups in total. The molecule has 2 atom stereocenters. The molecule has 0 aliphatic rings. The molecule has 0 aliphatic heterocycles. The van der Waals surface area contributed by atoms with Crippen molar-refractivity contribution in [1.82, 2.24) is 0 Å². The molecule has 0 aromatic rings. The van der Waals surface area contributed by atoms with Crippen molar-refractivity contribution in [2.24, 2.45) is 23.7 Å². The Labute approximate surface area is 135 Å². The average molecular weight is 295 g/mol. The molecule has 0 fully saturated rings. The molecule has 0 heterocycles. The Morgan fingerprint density at radius 1 is 0.857 bits per heavy atom. The third-order valence-corrected chi connectivity index (χ3v) is 5.04. The summed E-state index contributed by atoms with van der Waals surface area (Å²) in [5, 5.41) is 0. The van der Waals surface area contributed by atoms with Gasteiger partial charge in [-0.25, -0.2) is 0 Å². The smallest absolute Gasteiger partial charge is 0.0208 e. The number of hydrogen-bond donors (Lipinski definition) is 0. The molecule has 21 heavy (non-hydrogen) atoms. The molecule has 0 bridgehead atoms. The lowest BCUT2D eigenvalue weighted by atomic mass is 9.84. The van der Waals surface area contributed by atoms with E-state index in [1.54, 1.807) is 5.57 Å². The molecule has 0 radical (unpaired) electrons. The highest BCUT2D eigenvalue weighted by molar-refractivity contribution is 5.01. The van der Waals surface area contributed by atoms with Crippen molar-refractivity contribution < 1.29 is 0 Å². The van der Waals surface area contributed by atoms with Gasteiger partial charge in [-0.3, -0.25) is 0 Å². The second kappa shape index (κ2) is 12.3. The lowest BCUT2D eigenvalue weighted by molar-refractivity contribution is 0.341. The maximum absolute atomic E-state index is 2.55. The summed E-state index contributed by atoms with van der Waals surface area (Å²) >= 11 is 0. The topological polar surface area (TPSA) is 0 Å². The second-order valence-corrected chi connectivity index (χ2v) is 7.80. The quantitative estimate of drug-likeness (QED) is 0.256. The number of hydrogen-bond acceptors (Lipinski definition) is 0. The molecule has 0 saturated carbocycles. The SMILES string of the molecule is CCC(C)=CC(CCC(CC)CCCCC(C)C)C(C)C. The van der Waals surface area contributed by atoms with Crippen LogP contribution in [0, 0.1) is 23.7 Å². The third kappa shape index (κ3) is 11.0. The average Bonchev–Trinajstić information content (AvgIpc) is 2.44. The minimum absolute atomic E-state index is 0.782. The normalized spacial score (nSPS) is 15.8. The highest BCUT2D eigenvalue weighted by Crippen LogP contribution is 2.27. The van der Waals surface area contributed by atoms with Gasteiger partial charge in [0.15, 0.2) is 0 Å². The summed E-state index contributed by atoms with van der Waals surface area (Å²) in [6.45, 7) is 16.4.